The Morgan fingerprint density at radius 2 is 1.82 bits per heavy atom. The molecule has 0 fully saturated rings. The Balaban J connectivity index is 1.47. The fourth-order valence-electron chi connectivity index (χ4n) is 6.21. The van der Waals surface area contributed by atoms with Crippen molar-refractivity contribution in [3.8, 4) is 5.69 Å². The minimum atomic E-state index is 0.469. The quantitative estimate of drug-likeness (QED) is 0.231. The van der Waals surface area contributed by atoms with Crippen LogP contribution in [0.5, 0.6) is 0 Å². The molecule has 39 heavy (non-hydrogen) atoms. The van der Waals surface area contributed by atoms with Gasteiger partial charge in [0.1, 0.15) is 0 Å². The van der Waals surface area contributed by atoms with Crippen LogP contribution in [0.4, 0.5) is 0 Å². The van der Waals surface area contributed by atoms with Crippen LogP contribution in [0.25, 0.3) is 46.5 Å². The predicted octanol–water partition coefficient (Wildman–Crippen LogP) is 9.36. The van der Waals surface area contributed by atoms with Crippen LogP contribution in [-0.2, 0) is 13.5 Å². The molecule has 0 amide bonds. The lowest BCUT2D eigenvalue weighted by molar-refractivity contribution is 0.696. The Kier molecular flexibility index (Phi) is 6.32. The molecule has 0 saturated carbocycles. The maximum Gasteiger partial charge on any atom is 0.0619 e. The molecule has 2 aliphatic carbocycles. The van der Waals surface area contributed by atoms with E-state index in [1.165, 1.54) is 33.5 Å². The third kappa shape index (κ3) is 4.04. The van der Waals surface area contributed by atoms with Crippen LogP contribution in [0.1, 0.15) is 46.3 Å². The molecule has 0 aliphatic heterocycles. The van der Waals surface area contributed by atoms with Crippen LogP contribution in [0.2, 0.25) is 0 Å². The first kappa shape index (κ1) is 24.8. The number of hydrogen-bond donors (Lipinski definition) is 0. The van der Waals surface area contributed by atoms with Crippen LogP contribution >= 0.6 is 0 Å². The standard InChI is InChI=1S/C37H34N2/c1-6-14-35-30(7-2)32-20-13-19-31(37(32)39(35)29-17-9-8-10-18-29)25(3)21-22-34-26(4)33-23-27-15-11-12-16-28(27)24-36(33)38(34)5/h6-23,28H,2-3,24H2,1,4-5H3/b14-6-,22-21-. The Hall–Kier alpha value is -4.56. The lowest BCUT2D eigenvalue weighted by Gasteiger charge is -2.23. The van der Waals surface area contributed by atoms with E-state index in [0.29, 0.717) is 5.92 Å². The largest absolute Gasteiger partial charge is 0.347 e. The van der Waals surface area contributed by atoms with Gasteiger partial charge in [0.15, 0.2) is 0 Å². The van der Waals surface area contributed by atoms with Crippen molar-refractivity contribution in [1.82, 2.24) is 9.13 Å². The highest BCUT2D eigenvalue weighted by Crippen LogP contribution is 2.38. The van der Waals surface area contributed by atoms with Gasteiger partial charge in [0.25, 0.3) is 0 Å². The monoisotopic (exact) mass is 506 g/mol. The lowest BCUT2D eigenvalue weighted by atomic mass is 9.83. The highest BCUT2D eigenvalue weighted by molar-refractivity contribution is 6.02. The van der Waals surface area contributed by atoms with Crippen molar-refractivity contribution in [2.45, 2.75) is 20.3 Å². The van der Waals surface area contributed by atoms with E-state index in [4.69, 9.17) is 0 Å². The summed E-state index contributed by atoms with van der Waals surface area (Å²) in [6.07, 6.45) is 22.9. The second kappa shape index (κ2) is 9.96. The summed E-state index contributed by atoms with van der Waals surface area (Å²) in [6, 6.07) is 17.0. The summed E-state index contributed by atoms with van der Waals surface area (Å²) in [4.78, 5) is 0. The number of nitrogens with zero attached hydrogens (tertiary/aromatic N) is 2. The first-order valence-electron chi connectivity index (χ1n) is 13.6. The average Bonchev–Trinajstić information content (AvgIpc) is 3.41. The summed E-state index contributed by atoms with van der Waals surface area (Å²) < 4.78 is 4.70. The fraction of sp³-hybridized carbons (Fsp3) is 0.135. The van der Waals surface area contributed by atoms with Crippen molar-refractivity contribution in [3.63, 3.8) is 0 Å². The van der Waals surface area contributed by atoms with Gasteiger partial charge in [-0.3, -0.25) is 0 Å². The molecule has 2 heteroatoms. The second-order valence-corrected chi connectivity index (χ2v) is 10.4. The average molecular weight is 507 g/mol. The molecular weight excluding hydrogens is 472 g/mol. The Bertz CT molecular complexity index is 1770. The van der Waals surface area contributed by atoms with Gasteiger partial charge in [0.05, 0.1) is 11.2 Å². The zero-order valence-corrected chi connectivity index (χ0v) is 23.0. The maximum absolute atomic E-state index is 4.55. The molecule has 1 unspecified atom stereocenters. The zero-order valence-electron chi connectivity index (χ0n) is 23.0. The summed E-state index contributed by atoms with van der Waals surface area (Å²) in [5, 5.41) is 1.18. The maximum atomic E-state index is 4.55. The van der Waals surface area contributed by atoms with Crippen LogP contribution in [-0.4, -0.2) is 9.13 Å². The predicted molar refractivity (Wildman–Crippen MR) is 170 cm³/mol. The van der Waals surface area contributed by atoms with Crippen molar-refractivity contribution in [2.75, 3.05) is 0 Å². The topological polar surface area (TPSA) is 9.86 Å². The van der Waals surface area contributed by atoms with Crippen molar-refractivity contribution in [3.05, 3.63) is 143 Å². The van der Waals surface area contributed by atoms with Gasteiger partial charge in [-0.1, -0.05) is 92.1 Å². The SMILES string of the molecule is C=Cc1c(/C=C\C)n(-c2ccccc2)c2c(C(=C)/C=C\c3c(C)c4c(n3C)CC3C=CC=CC3=C4)cccc12. The highest BCUT2D eigenvalue weighted by Gasteiger charge is 2.25. The number of para-hydroxylation sites is 2. The van der Waals surface area contributed by atoms with Gasteiger partial charge in [-0.05, 0) is 72.9 Å². The fourth-order valence-corrected chi connectivity index (χ4v) is 6.21. The van der Waals surface area contributed by atoms with Gasteiger partial charge in [0, 0.05) is 46.6 Å². The van der Waals surface area contributed by atoms with Crippen LogP contribution < -0.4 is 0 Å². The van der Waals surface area contributed by atoms with Crippen molar-refractivity contribution in [2.24, 2.45) is 13.0 Å². The number of hydrogen-bond acceptors (Lipinski definition) is 0. The smallest absolute Gasteiger partial charge is 0.0619 e. The summed E-state index contributed by atoms with van der Waals surface area (Å²) in [5.74, 6) is 0.469. The highest BCUT2D eigenvalue weighted by atomic mass is 15.0. The molecule has 0 N–H and O–H groups in total. The van der Waals surface area contributed by atoms with Gasteiger partial charge in [-0.25, -0.2) is 0 Å². The lowest BCUT2D eigenvalue weighted by Crippen LogP contribution is -2.13. The summed E-state index contributed by atoms with van der Waals surface area (Å²) in [5.41, 5.74) is 13.3. The first-order chi connectivity index (χ1) is 19.0. The molecule has 2 nitrogen and oxygen atoms in total. The molecule has 0 radical (unpaired) electrons. The number of aromatic nitrogens is 2. The molecule has 4 aromatic rings. The normalized spacial score (nSPS) is 16.2. The van der Waals surface area contributed by atoms with E-state index < -0.39 is 0 Å². The van der Waals surface area contributed by atoms with Crippen molar-refractivity contribution in [1.29, 1.82) is 0 Å². The molecule has 2 aliphatic rings. The number of benzene rings is 2. The van der Waals surface area contributed by atoms with Crippen LogP contribution in [0.15, 0.2) is 104 Å². The molecule has 2 heterocycles. The second-order valence-electron chi connectivity index (χ2n) is 10.4. The van der Waals surface area contributed by atoms with Gasteiger partial charge in [-0.2, -0.15) is 0 Å². The molecule has 2 aromatic heterocycles. The summed E-state index contributed by atoms with van der Waals surface area (Å²) >= 11 is 0. The van der Waals surface area contributed by atoms with Gasteiger partial charge in [-0.15, -0.1) is 0 Å². The van der Waals surface area contributed by atoms with E-state index in [1.807, 2.05) is 6.08 Å². The van der Waals surface area contributed by atoms with Crippen LogP contribution in [0.3, 0.4) is 0 Å². The van der Waals surface area contributed by atoms with Crippen molar-refractivity contribution >= 4 is 40.8 Å². The molecule has 0 spiro atoms. The zero-order chi connectivity index (χ0) is 27.1. The van der Waals surface area contributed by atoms with E-state index in [2.05, 4.69) is 146 Å². The van der Waals surface area contributed by atoms with Gasteiger partial charge >= 0.3 is 0 Å². The number of fused-ring (bicyclic) bond motifs is 3. The molecule has 1 atom stereocenters. The van der Waals surface area contributed by atoms with E-state index in [1.54, 1.807) is 0 Å². The first-order valence-corrected chi connectivity index (χ1v) is 13.6. The van der Waals surface area contributed by atoms with E-state index in [9.17, 15) is 0 Å². The van der Waals surface area contributed by atoms with E-state index >= 15 is 0 Å². The van der Waals surface area contributed by atoms with E-state index in [0.717, 1.165) is 40.0 Å². The third-order valence-electron chi connectivity index (χ3n) is 8.16. The Labute approximate surface area is 231 Å². The van der Waals surface area contributed by atoms with Gasteiger partial charge < -0.3 is 9.13 Å². The van der Waals surface area contributed by atoms with Crippen LogP contribution in [0, 0.1) is 12.8 Å². The third-order valence-corrected chi connectivity index (χ3v) is 8.16. The van der Waals surface area contributed by atoms with E-state index in [-0.39, 0.29) is 0 Å². The Morgan fingerprint density at radius 3 is 2.59 bits per heavy atom. The van der Waals surface area contributed by atoms with Gasteiger partial charge in [0.2, 0.25) is 0 Å². The summed E-state index contributed by atoms with van der Waals surface area (Å²) in [6.45, 7) is 13.0. The minimum Gasteiger partial charge on any atom is -0.347 e. The molecular formula is C37H34N2. The molecule has 2 aromatic carbocycles. The number of allylic oxidation sites excluding steroid dienone is 8. The molecule has 0 bridgehead atoms. The molecule has 0 saturated heterocycles. The molecule has 6 rings (SSSR count). The minimum absolute atomic E-state index is 0.469. The van der Waals surface area contributed by atoms with Crippen molar-refractivity contribution < 1.29 is 0 Å². The summed E-state index contributed by atoms with van der Waals surface area (Å²) in [7, 11) is 2.19. The number of rotatable bonds is 6. The molecule has 192 valence electrons. The Morgan fingerprint density at radius 1 is 1.00 bits per heavy atom.